The van der Waals surface area contributed by atoms with Crippen LogP contribution in [0, 0.1) is 0 Å². The number of nitrogens with one attached hydrogen (secondary N) is 1. The summed E-state index contributed by atoms with van der Waals surface area (Å²) in [4.78, 5) is 11.6. The van der Waals surface area contributed by atoms with Gasteiger partial charge >= 0.3 is 6.09 Å². The number of rotatable bonds is 4. The van der Waals surface area contributed by atoms with Gasteiger partial charge in [0.1, 0.15) is 17.0 Å². The Kier molecular flexibility index (Phi) is 4.65. The average Bonchev–Trinajstić information content (AvgIpc) is 2.92. The third-order valence-electron chi connectivity index (χ3n) is 2.69. The van der Waals surface area contributed by atoms with Gasteiger partial charge in [-0.1, -0.05) is 5.21 Å². The molecule has 0 saturated heterocycles. The molecule has 1 heterocycles. The number of ether oxygens (including phenoxy) is 2. The zero-order valence-corrected chi connectivity index (χ0v) is 13.2. The van der Waals surface area contributed by atoms with Gasteiger partial charge in [0.25, 0.3) is 0 Å². The fraction of sp³-hybridized carbons (Fsp3) is 0.400. The lowest BCUT2D eigenvalue weighted by Crippen LogP contribution is -2.32. The molecule has 0 aliphatic heterocycles. The zero-order chi connectivity index (χ0) is 16.2. The van der Waals surface area contributed by atoms with Crippen molar-refractivity contribution in [3.63, 3.8) is 0 Å². The highest BCUT2D eigenvalue weighted by Gasteiger charge is 2.16. The summed E-state index contributed by atoms with van der Waals surface area (Å²) in [5.41, 5.74) is 0.976. The predicted octanol–water partition coefficient (Wildman–Crippen LogP) is 2.30. The summed E-state index contributed by atoms with van der Waals surface area (Å²) < 4.78 is 11.9. The van der Waals surface area contributed by atoms with E-state index in [1.165, 1.54) is 0 Å². The summed E-state index contributed by atoms with van der Waals surface area (Å²) in [6.45, 7) is 5.69. The monoisotopic (exact) mass is 304 g/mol. The lowest BCUT2D eigenvalue weighted by atomic mass is 10.2. The first-order chi connectivity index (χ1) is 10.4. The molecule has 2 rings (SSSR count). The number of methoxy groups -OCH3 is 1. The molecular formula is C15H20N4O3. The summed E-state index contributed by atoms with van der Waals surface area (Å²) in [6.07, 6.45) is 1.27. The summed E-state index contributed by atoms with van der Waals surface area (Å²) in [5, 5.41) is 10.7. The van der Waals surface area contributed by atoms with E-state index in [2.05, 4.69) is 15.6 Å². The van der Waals surface area contributed by atoms with Crippen LogP contribution in [0.5, 0.6) is 5.75 Å². The van der Waals surface area contributed by atoms with Gasteiger partial charge < -0.3 is 14.8 Å². The first-order valence-electron chi connectivity index (χ1n) is 6.90. The van der Waals surface area contributed by atoms with Gasteiger partial charge in [-0.25, -0.2) is 9.48 Å². The smallest absolute Gasteiger partial charge is 0.407 e. The molecule has 7 heteroatoms. The van der Waals surface area contributed by atoms with Crippen LogP contribution < -0.4 is 10.1 Å². The van der Waals surface area contributed by atoms with E-state index in [1.807, 2.05) is 45.0 Å². The minimum absolute atomic E-state index is 0.255. The van der Waals surface area contributed by atoms with E-state index >= 15 is 0 Å². The van der Waals surface area contributed by atoms with E-state index in [0.717, 1.165) is 11.4 Å². The molecule has 7 nitrogen and oxygen atoms in total. The maximum atomic E-state index is 11.6. The van der Waals surface area contributed by atoms with E-state index in [0.29, 0.717) is 5.69 Å². The Morgan fingerprint density at radius 2 is 1.95 bits per heavy atom. The van der Waals surface area contributed by atoms with Gasteiger partial charge in [0, 0.05) is 0 Å². The molecule has 2 aromatic rings. The molecular weight excluding hydrogens is 284 g/mol. The van der Waals surface area contributed by atoms with Crippen LogP contribution in [-0.2, 0) is 11.3 Å². The third-order valence-corrected chi connectivity index (χ3v) is 2.69. The van der Waals surface area contributed by atoms with E-state index in [-0.39, 0.29) is 6.54 Å². The second kappa shape index (κ2) is 6.46. The van der Waals surface area contributed by atoms with Crippen LogP contribution >= 0.6 is 0 Å². The number of carbonyl (C=O) groups is 1. The molecule has 0 spiro atoms. The molecule has 0 unspecified atom stereocenters. The number of nitrogens with zero attached hydrogens (tertiary/aromatic N) is 3. The number of aromatic nitrogens is 3. The Morgan fingerprint density at radius 1 is 1.27 bits per heavy atom. The van der Waals surface area contributed by atoms with Gasteiger partial charge in [-0.3, -0.25) is 0 Å². The highest BCUT2D eigenvalue weighted by molar-refractivity contribution is 5.67. The van der Waals surface area contributed by atoms with Crippen molar-refractivity contribution in [2.24, 2.45) is 0 Å². The highest BCUT2D eigenvalue weighted by Crippen LogP contribution is 2.14. The normalized spacial score (nSPS) is 11.1. The van der Waals surface area contributed by atoms with Crippen LogP contribution in [0.1, 0.15) is 26.5 Å². The fourth-order valence-electron chi connectivity index (χ4n) is 1.72. The minimum atomic E-state index is -0.523. The highest BCUT2D eigenvalue weighted by atomic mass is 16.6. The minimum Gasteiger partial charge on any atom is -0.497 e. The van der Waals surface area contributed by atoms with Crippen LogP contribution in [0.25, 0.3) is 5.69 Å². The number of hydrogen-bond acceptors (Lipinski definition) is 5. The first kappa shape index (κ1) is 15.8. The standard InChI is InChI=1S/C15H20N4O3/c1-15(2,3)22-14(20)16-9-11-10-19(18-17-11)12-5-7-13(21-4)8-6-12/h5-8,10H,9H2,1-4H3,(H,16,20). The molecule has 118 valence electrons. The Labute approximate surface area is 129 Å². The maximum Gasteiger partial charge on any atom is 0.407 e. The number of carbonyl (C=O) groups excluding carboxylic acids is 1. The van der Waals surface area contributed by atoms with Crippen LogP contribution in [0.3, 0.4) is 0 Å². The second-order valence-corrected chi connectivity index (χ2v) is 5.71. The van der Waals surface area contributed by atoms with Gasteiger partial charge in [0.05, 0.1) is 25.5 Å². The molecule has 0 radical (unpaired) electrons. The van der Waals surface area contributed by atoms with E-state index in [1.54, 1.807) is 18.0 Å². The van der Waals surface area contributed by atoms with Crippen LogP contribution in [-0.4, -0.2) is 33.8 Å². The SMILES string of the molecule is COc1ccc(-n2cc(CNC(=O)OC(C)(C)C)nn2)cc1. The molecule has 0 fully saturated rings. The van der Waals surface area contributed by atoms with Crippen molar-refractivity contribution >= 4 is 6.09 Å². The first-order valence-corrected chi connectivity index (χ1v) is 6.90. The van der Waals surface area contributed by atoms with Crippen molar-refractivity contribution in [2.75, 3.05) is 7.11 Å². The van der Waals surface area contributed by atoms with E-state index < -0.39 is 11.7 Å². The van der Waals surface area contributed by atoms with Crippen molar-refractivity contribution in [2.45, 2.75) is 32.9 Å². The molecule has 1 N–H and O–H groups in total. The lowest BCUT2D eigenvalue weighted by Gasteiger charge is -2.19. The average molecular weight is 304 g/mol. The topological polar surface area (TPSA) is 78.3 Å². The van der Waals surface area contributed by atoms with Gasteiger partial charge in [0.2, 0.25) is 0 Å². The van der Waals surface area contributed by atoms with Crippen molar-refractivity contribution < 1.29 is 14.3 Å². The predicted molar refractivity (Wildman–Crippen MR) is 81.0 cm³/mol. The number of alkyl carbamates (subject to hydrolysis) is 1. The third kappa shape index (κ3) is 4.47. The molecule has 1 aromatic carbocycles. The molecule has 0 aliphatic carbocycles. The maximum absolute atomic E-state index is 11.6. The van der Waals surface area contributed by atoms with Crippen LogP contribution in [0.2, 0.25) is 0 Å². The Morgan fingerprint density at radius 3 is 2.55 bits per heavy atom. The molecule has 1 aromatic heterocycles. The molecule has 0 atom stereocenters. The zero-order valence-electron chi connectivity index (χ0n) is 13.2. The quantitative estimate of drug-likeness (QED) is 0.937. The van der Waals surface area contributed by atoms with Crippen LogP contribution in [0.15, 0.2) is 30.5 Å². The number of benzene rings is 1. The van der Waals surface area contributed by atoms with E-state index in [4.69, 9.17) is 9.47 Å². The number of hydrogen-bond donors (Lipinski definition) is 1. The van der Waals surface area contributed by atoms with E-state index in [9.17, 15) is 4.79 Å². The Hall–Kier alpha value is -2.57. The van der Waals surface area contributed by atoms with Crippen molar-refractivity contribution in [3.8, 4) is 11.4 Å². The summed E-state index contributed by atoms with van der Waals surface area (Å²) in [7, 11) is 1.62. The Balaban J connectivity index is 1.95. The van der Waals surface area contributed by atoms with Crippen molar-refractivity contribution in [3.05, 3.63) is 36.2 Å². The largest absolute Gasteiger partial charge is 0.497 e. The molecule has 22 heavy (non-hydrogen) atoms. The van der Waals surface area contributed by atoms with Gasteiger partial charge in [-0.15, -0.1) is 5.10 Å². The fourth-order valence-corrected chi connectivity index (χ4v) is 1.72. The van der Waals surface area contributed by atoms with Crippen LogP contribution in [0.4, 0.5) is 4.79 Å². The molecule has 0 bridgehead atoms. The van der Waals surface area contributed by atoms with Gasteiger partial charge in [0.15, 0.2) is 0 Å². The molecule has 0 saturated carbocycles. The van der Waals surface area contributed by atoms with Gasteiger partial charge in [-0.2, -0.15) is 0 Å². The summed E-state index contributed by atoms with van der Waals surface area (Å²) in [6, 6.07) is 7.43. The van der Waals surface area contributed by atoms with Crippen molar-refractivity contribution in [1.82, 2.24) is 20.3 Å². The molecule has 1 amide bonds. The Bertz CT molecular complexity index is 629. The summed E-state index contributed by atoms with van der Waals surface area (Å²) >= 11 is 0. The lowest BCUT2D eigenvalue weighted by molar-refractivity contribution is 0.0523. The number of amides is 1. The van der Waals surface area contributed by atoms with Crippen molar-refractivity contribution in [1.29, 1.82) is 0 Å². The molecule has 0 aliphatic rings. The summed E-state index contributed by atoms with van der Waals surface area (Å²) in [5.74, 6) is 0.774. The van der Waals surface area contributed by atoms with Gasteiger partial charge in [-0.05, 0) is 45.0 Å². The second-order valence-electron chi connectivity index (χ2n) is 5.71.